The molecule has 0 saturated carbocycles. The van der Waals surface area contributed by atoms with E-state index in [1.54, 1.807) is 18.0 Å². The van der Waals surface area contributed by atoms with Crippen LogP contribution in [0.4, 0.5) is 0 Å². The normalized spacial score (nSPS) is 11.6. The molecule has 2 aromatic heterocycles. The van der Waals surface area contributed by atoms with E-state index in [1.165, 1.54) is 11.1 Å². The first-order valence-corrected chi connectivity index (χ1v) is 7.55. The van der Waals surface area contributed by atoms with Crippen LogP contribution in [0.15, 0.2) is 46.7 Å². The summed E-state index contributed by atoms with van der Waals surface area (Å²) in [5.41, 5.74) is 2.52. The van der Waals surface area contributed by atoms with E-state index in [1.807, 2.05) is 24.4 Å². The quantitative estimate of drug-likeness (QED) is 0.927. The molecule has 1 N–H and O–H groups in total. The van der Waals surface area contributed by atoms with Crippen molar-refractivity contribution in [3.05, 3.63) is 47.8 Å². The lowest BCUT2D eigenvalue weighted by atomic mass is 10.1. The molecule has 2 aromatic rings. The summed E-state index contributed by atoms with van der Waals surface area (Å²) in [4.78, 5) is 8.87. The molecule has 2 heterocycles. The SMILES string of the molecule is Cc1cc(CNC(C)(C)C)cnc1Sc1ccccn1. The van der Waals surface area contributed by atoms with Gasteiger partial charge in [0.25, 0.3) is 0 Å². The van der Waals surface area contributed by atoms with Crippen molar-refractivity contribution < 1.29 is 0 Å². The predicted octanol–water partition coefficient (Wildman–Crippen LogP) is 3.82. The summed E-state index contributed by atoms with van der Waals surface area (Å²) in [7, 11) is 0. The van der Waals surface area contributed by atoms with Crippen molar-refractivity contribution in [2.45, 2.75) is 49.8 Å². The molecule has 0 saturated heterocycles. The van der Waals surface area contributed by atoms with Crippen LogP contribution in [0, 0.1) is 6.92 Å². The zero-order valence-electron chi connectivity index (χ0n) is 12.5. The van der Waals surface area contributed by atoms with Gasteiger partial charge < -0.3 is 5.32 Å². The molecule has 0 spiro atoms. The largest absolute Gasteiger partial charge is 0.308 e. The van der Waals surface area contributed by atoms with Crippen molar-refractivity contribution in [2.75, 3.05) is 0 Å². The fraction of sp³-hybridized carbons (Fsp3) is 0.375. The molecule has 2 rings (SSSR count). The Kier molecular flexibility index (Phi) is 4.78. The van der Waals surface area contributed by atoms with E-state index in [0.717, 1.165) is 16.6 Å². The lowest BCUT2D eigenvalue weighted by molar-refractivity contribution is 0.424. The summed E-state index contributed by atoms with van der Waals surface area (Å²) in [6.45, 7) is 9.43. The Balaban J connectivity index is 2.06. The summed E-state index contributed by atoms with van der Waals surface area (Å²) < 4.78 is 0. The van der Waals surface area contributed by atoms with Crippen LogP contribution in [-0.4, -0.2) is 15.5 Å². The number of hydrogen-bond donors (Lipinski definition) is 1. The highest BCUT2D eigenvalue weighted by molar-refractivity contribution is 7.99. The fourth-order valence-electron chi connectivity index (χ4n) is 1.70. The van der Waals surface area contributed by atoms with Crippen molar-refractivity contribution in [3.63, 3.8) is 0 Å². The number of rotatable bonds is 4. The van der Waals surface area contributed by atoms with Crippen LogP contribution in [0.5, 0.6) is 0 Å². The highest BCUT2D eigenvalue weighted by Gasteiger charge is 2.10. The lowest BCUT2D eigenvalue weighted by Crippen LogP contribution is -2.35. The number of aromatic nitrogens is 2. The molecule has 0 aliphatic carbocycles. The average molecular weight is 287 g/mol. The summed E-state index contributed by atoms with van der Waals surface area (Å²) >= 11 is 1.60. The molecule has 4 heteroatoms. The van der Waals surface area contributed by atoms with Crippen molar-refractivity contribution in [1.82, 2.24) is 15.3 Å². The second kappa shape index (κ2) is 6.37. The molecule has 0 bridgehead atoms. The van der Waals surface area contributed by atoms with Crippen molar-refractivity contribution >= 4 is 11.8 Å². The Bertz CT molecular complexity index is 562. The monoisotopic (exact) mass is 287 g/mol. The molecule has 0 aliphatic heterocycles. The van der Waals surface area contributed by atoms with Gasteiger partial charge in [-0.25, -0.2) is 9.97 Å². The third-order valence-corrected chi connectivity index (χ3v) is 3.82. The smallest absolute Gasteiger partial charge is 0.105 e. The first kappa shape index (κ1) is 15.0. The molecule has 0 fully saturated rings. The molecule has 0 atom stereocenters. The third-order valence-electron chi connectivity index (χ3n) is 2.75. The van der Waals surface area contributed by atoms with Crippen molar-refractivity contribution in [2.24, 2.45) is 0 Å². The number of nitrogens with zero attached hydrogens (tertiary/aromatic N) is 2. The van der Waals surface area contributed by atoms with E-state index in [2.05, 4.69) is 49.0 Å². The Morgan fingerprint density at radius 3 is 2.60 bits per heavy atom. The standard InChI is InChI=1S/C16H21N3S/c1-12-9-13(11-19-16(2,3)4)10-18-15(12)20-14-7-5-6-8-17-14/h5-10,19H,11H2,1-4H3. The number of pyridine rings is 2. The minimum atomic E-state index is 0.120. The van der Waals surface area contributed by atoms with E-state index in [9.17, 15) is 0 Å². The van der Waals surface area contributed by atoms with Crippen LogP contribution < -0.4 is 5.32 Å². The second-order valence-electron chi connectivity index (χ2n) is 5.84. The maximum absolute atomic E-state index is 4.56. The molecule has 0 radical (unpaired) electrons. The van der Waals surface area contributed by atoms with Gasteiger partial charge in [-0.15, -0.1) is 0 Å². The summed E-state index contributed by atoms with van der Waals surface area (Å²) in [6.07, 6.45) is 3.75. The maximum Gasteiger partial charge on any atom is 0.105 e. The summed E-state index contributed by atoms with van der Waals surface area (Å²) in [5, 5.41) is 5.47. The van der Waals surface area contributed by atoms with Crippen molar-refractivity contribution in [1.29, 1.82) is 0 Å². The number of aryl methyl sites for hydroxylation is 1. The highest BCUT2D eigenvalue weighted by Crippen LogP contribution is 2.26. The van der Waals surface area contributed by atoms with Gasteiger partial charge in [0.15, 0.2) is 0 Å². The first-order chi connectivity index (χ1) is 9.44. The second-order valence-corrected chi connectivity index (χ2v) is 6.85. The van der Waals surface area contributed by atoms with Gasteiger partial charge in [0, 0.05) is 24.5 Å². The summed E-state index contributed by atoms with van der Waals surface area (Å²) in [5.74, 6) is 0. The third kappa shape index (κ3) is 4.62. The predicted molar refractivity (Wildman–Crippen MR) is 83.9 cm³/mol. The Hall–Kier alpha value is -1.39. The van der Waals surface area contributed by atoms with E-state index >= 15 is 0 Å². The zero-order valence-corrected chi connectivity index (χ0v) is 13.3. The minimum Gasteiger partial charge on any atom is -0.308 e. The first-order valence-electron chi connectivity index (χ1n) is 6.73. The molecule has 0 aliphatic rings. The fourth-order valence-corrected chi connectivity index (χ4v) is 2.48. The number of nitrogens with one attached hydrogen (secondary N) is 1. The van der Waals surface area contributed by atoms with Crippen LogP contribution >= 0.6 is 11.8 Å². The molecule has 0 unspecified atom stereocenters. The lowest BCUT2D eigenvalue weighted by Gasteiger charge is -2.20. The molecule has 3 nitrogen and oxygen atoms in total. The summed E-state index contributed by atoms with van der Waals surface area (Å²) in [6, 6.07) is 8.11. The molecule has 0 amide bonds. The average Bonchev–Trinajstić information content (AvgIpc) is 2.40. The van der Waals surface area contributed by atoms with Crippen molar-refractivity contribution in [3.8, 4) is 0 Å². The van der Waals surface area contributed by atoms with Gasteiger partial charge in [-0.2, -0.15) is 0 Å². The number of hydrogen-bond acceptors (Lipinski definition) is 4. The molecular weight excluding hydrogens is 266 g/mol. The van der Waals surface area contributed by atoms with Crippen LogP contribution in [0.1, 0.15) is 31.9 Å². The zero-order chi connectivity index (χ0) is 14.6. The highest BCUT2D eigenvalue weighted by atomic mass is 32.2. The van der Waals surface area contributed by atoms with Crippen LogP contribution in [-0.2, 0) is 6.54 Å². The van der Waals surface area contributed by atoms with Gasteiger partial charge in [-0.3, -0.25) is 0 Å². The topological polar surface area (TPSA) is 37.8 Å². The van der Waals surface area contributed by atoms with E-state index < -0.39 is 0 Å². The van der Waals surface area contributed by atoms with Crippen LogP contribution in [0.25, 0.3) is 0 Å². The van der Waals surface area contributed by atoms with E-state index in [4.69, 9.17) is 0 Å². The Morgan fingerprint density at radius 1 is 1.20 bits per heavy atom. The minimum absolute atomic E-state index is 0.120. The van der Waals surface area contributed by atoms with Gasteiger partial charge >= 0.3 is 0 Å². The Morgan fingerprint density at radius 2 is 2.00 bits per heavy atom. The van der Waals surface area contributed by atoms with E-state index in [-0.39, 0.29) is 5.54 Å². The van der Waals surface area contributed by atoms with E-state index in [0.29, 0.717) is 0 Å². The molecule has 0 aromatic carbocycles. The molecule has 106 valence electrons. The molecule has 20 heavy (non-hydrogen) atoms. The van der Waals surface area contributed by atoms with Gasteiger partial charge in [0.2, 0.25) is 0 Å². The van der Waals surface area contributed by atoms with Crippen LogP contribution in [0.2, 0.25) is 0 Å². The van der Waals surface area contributed by atoms with Gasteiger partial charge in [-0.05, 0) is 62.7 Å². The van der Waals surface area contributed by atoms with Gasteiger partial charge in [0.05, 0.1) is 0 Å². The maximum atomic E-state index is 4.56. The van der Waals surface area contributed by atoms with Crippen LogP contribution in [0.3, 0.4) is 0 Å². The Labute approximate surface area is 125 Å². The van der Waals surface area contributed by atoms with Gasteiger partial charge in [0.1, 0.15) is 10.1 Å². The van der Waals surface area contributed by atoms with Gasteiger partial charge in [-0.1, -0.05) is 12.1 Å². The molecular formula is C16H21N3S.